The number of aliphatic carboxylic acids is 1. The molecule has 1 fully saturated rings. The zero-order valence-corrected chi connectivity index (χ0v) is 15.6. The first-order chi connectivity index (χ1) is 13.4. The van der Waals surface area contributed by atoms with Gasteiger partial charge >= 0.3 is 5.97 Å². The summed E-state index contributed by atoms with van der Waals surface area (Å²) in [7, 11) is 0. The van der Waals surface area contributed by atoms with E-state index in [1.165, 1.54) is 6.07 Å². The van der Waals surface area contributed by atoms with Crippen molar-refractivity contribution in [2.45, 2.75) is 50.7 Å². The maximum Gasteiger partial charge on any atom is 0.303 e. The van der Waals surface area contributed by atoms with Crippen molar-refractivity contribution >= 4 is 11.9 Å². The molecule has 0 aromatic heterocycles. The smallest absolute Gasteiger partial charge is 0.303 e. The van der Waals surface area contributed by atoms with E-state index in [1.54, 1.807) is 17.1 Å². The van der Waals surface area contributed by atoms with Crippen molar-refractivity contribution in [3.05, 3.63) is 59.7 Å². The summed E-state index contributed by atoms with van der Waals surface area (Å²) in [6.45, 7) is 0.431. The molecule has 1 aromatic carbocycles. The number of rotatable bonds is 10. The predicted octanol–water partition coefficient (Wildman–Crippen LogP) is 3.23. The van der Waals surface area contributed by atoms with Gasteiger partial charge in [0.15, 0.2) is 11.6 Å². The van der Waals surface area contributed by atoms with Gasteiger partial charge in [-0.05, 0) is 37.0 Å². The maximum atomic E-state index is 13.2. The summed E-state index contributed by atoms with van der Waals surface area (Å²) in [6.07, 6.45) is 8.75. The molecular formula is C21H25F2NO4. The monoisotopic (exact) mass is 393 g/mol. The third-order valence-electron chi connectivity index (χ3n) is 4.59. The molecule has 1 amide bonds. The summed E-state index contributed by atoms with van der Waals surface area (Å²) in [5.74, 6) is -2.67. The average Bonchev–Trinajstić information content (AvgIpc) is 2.99. The Bertz CT molecular complexity index is 748. The lowest BCUT2D eigenvalue weighted by atomic mass is 10.1. The van der Waals surface area contributed by atoms with E-state index in [2.05, 4.69) is 0 Å². The van der Waals surface area contributed by atoms with Crippen molar-refractivity contribution < 1.29 is 28.6 Å². The highest BCUT2D eigenvalue weighted by atomic mass is 19.2. The average molecular weight is 393 g/mol. The molecule has 7 heteroatoms. The summed E-state index contributed by atoms with van der Waals surface area (Å²) >= 11 is 0. The van der Waals surface area contributed by atoms with Gasteiger partial charge in [-0.3, -0.25) is 9.59 Å². The van der Waals surface area contributed by atoms with Gasteiger partial charge in [0.05, 0.1) is 12.1 Å². The molecule has 1 saturated heterocycles. The Hall–Kier alpha value is -2.54. The summed E-state index contributed by atoms with van der Waals surface area (Å²) in [6, 6.07) is 3.39. The largest absolute Gasteiger partial charge is 0.481 e. The first kappa shape index (κ1) is 21.8. The van der Waals surface area contributed by atoms with Gasteiger partial charge in [-0.1, -0.05) is 30.4 Å². The molecule has 5 nitrogen and oxygen atoms in total. The number of carbonyl (C=O) groups is 2. The Morgan fingerprint density at radius 3 is 2.79 bits per heavy atom. The molecular weight excluding hydrogens is 368 g/mol. The summed E-state index contributed by atoms with van der Waals surface area (Å²) in [4.78, 5) is 24.2. The molecule has 2 rings (SSSR count). The number of carboxylic acid groups (broad SMARTS) is 1. The Balaban J connectivity index is 1.84. The van der Waals surface area contributed by atoms with Crippen molar-refractivity contribution in [3.8, 4) is 0 Å². The fraction of sp³-hybridized carbons (Fsp3) is 0.429. The molecule has 0 aliphatic carbocycles. The molecule has 1 aliphatic rings. The standard InChI is InChI=1S/C21H25F2NO4/c22-18-10-6-15(14-19(18)23)13-17(25)9-7-16-8-11-20(26)24(16)12-4-2-1-3-5-21(27)28/h2,4,6-7,9-10,14,16-17,25H,1,3,5,8,11-13H2,(H,27,28)/b4-2-,9-7+/t16-,17+/m0/s1. The second kappa shape index (κ2) is 10.7. The Kier molecular flexibility index (Phi) is 8.32. The van der Waals surface area contributed by atoms with Crippen molar-refractivity contribution in [3.63, 3.8) is 0 Å². The molecule has 0 spiro atoms. The van der Waals surface area contributed by atoms with E-state index >= 15 is 0 Å². The molecule has 1 aromatic rings. The van der Waals surface area contributed by atoms with Crippen LogP contribution in [0.4, 0.5) is 8.78 Å². The molecule has 0 bridgehead atoms. The van der Waals surface area contributed by atoms with Gasteiger partial charge in [0.1, 0.15) is 0 Å². The van der Waals surface area contributed by atoms with Crippen LogP contribution in [0.1, 0.15) is 37.7 Å². The number of carboxylic acids is 1. The van der Waals surface area contributed by atoms with Gasteiger partial charge in [-0.25, -0.2) is 8.78 Å². The minimum absolute atomic E-state index is 0.0277. The normalized spacial score (nSPS) is 18.5. The van der Waals surface area contributed by atoms with E-state index in [-0.39, 0.29) is 24.8 Å². The summed E-state index contributed by atoms with van der Waals surface area (Å²) in [5.41, 5.74) is 0.486. The zero-order chi connectivity index (χ0) is 20.5. The van der Waals surface area contributed by atoms with E-state index in [1.807, 2.05) is 12.2 Å². The second-order valence-corrected chi connectivity index (χ2v) is 6.81. The molecule has 152 valence electrons. The third kappa shape index (κ3) is 6.88. The van der Waals surface area contributed by atoms with Crippen molar-refractivity contribution in [1.82, 2.24) is 4.90 Å². The van der Waals surface area contributed by atoms with Crippen LogP contribution in [0.3, 0.4) is 0 Å². The number of hydrogen-bond acceptors (Lipinski definition) is 3. The number of amides is 1. The first-order valence-corrected chi connectivity index (χ1v) is 9.33. The Labute approximate surface area is 163 Å². The molecule has 2 N–H and O–H groups in total. The van der Waals surface area contributed by atoms with Crippen LogP contribution < -0.4 is 0 Å². The lowest BCUT2D eigenvalue weighted by molar-refractivity contribution is -0.137. The summed E-state index contributed by atoms with van der Waals surface area (Å²) < 4.78 is 26.2. The fourth-order valence-corrected chi connectivity index (χ4v) is 3.10. The predicted molar refractivity (Wildman–Crippen MR) is 101 cm³/mol. The van der Waals surface area contributed by atoms with Crippen LogP contribution in [0.15, 0.2) is 42.5 Å². The number of hydrogen-bond donors (Lipinski definition) is 2. The number of carbonyl (C=O) groups excluding carboxylic acids is 1. The molecule has 0 unspecified atom stereocenters. The van der Waals surface area contributed by atoms with Crippen molar-refractivity contribution in [2.75, 3.05) is 6.54 Å². The number of benzene rings is 1. The molecule has 1 aliphatic heterocycles. The van der Waals surface area contributed by atoms with Crippen molar-refractivity contribution in [2.24, 2.45) is 0 Å². The third-order valence-corrected chi connectivity index (χ3v) is 4.59. The van der Waals surface area contributed by atoms with Gasteiger partial charge in [-0.15, -0.1) is 0 Å². The maximum absolute atomic E-state index is 13.2. The lowest BCUT2D eigenvalue weighted by Crippen LogP contribution is -2.32. The van der Waals surface area contributed by atoms with Gasteiger partial charge in [-0.2, -0.15) is 0 Å². The van der Waals surface area contributed by atoms with E-state index in [9.17, 15) is 23.5 Å². The van der Waals surface area contributed by atoms with E-state index in [0.29, 0.717) is 37.8 Å². The van der Waals surface area contributed by atoms with Gasteiger partial charge in [0.25, 0.3) is 0 Å². The van der Waals surface area contributed by atoms with Crippen LogP contribution in [0.5, 0.6) is 0 Å². The topological polar surface area (TPSA) is 77.8 Å². The quantitative estimate of drug-likeness (QED) is 0.473. The van der Waals surface area contributed by atoms with Crippen LogP contribution in [-0.4, -0.2) is 45.7 Å². The summed E-state index contributed by atoms with van der Waals surface area (Å²) in [5, 5.41) is 18.7. The molecule has 0 radical (unpaired) electrons. The van der Waals surface area contributed by atoms with E-state index in [4.69, 9.17) is 5.11 Å². The zero-order valence-electron chi connectivity index (χ0n) is 15.6. The highest BCUT2D eigenvalue weighted by molar-refractivity contribution is 5.79. The van der Waals surface area contributed by atoms with Gasteiger partial charge in [0.2, 0.25) is 5.91 Å². The number of halogens is 2. The number of likely N-dealkylation sites (tertiary alicyclic amines) is 1. The number of aliphatic hydroxyl groups is 1. The van der Waals surface area contributed by atoms with Crippen LogP contribution in [0.25, 0.3) is 0 Å². The van der Waals surface area contributed by atoms with Crippen LogP contribution in [-0.2, 0) is 16.0 Å². The minimum Gasteiger partial charge on any atom is -0.481 e. The van der Waals surface area contributed by atoms with E-state index in [0.717, 1.165) is 12.1 Å². The highest BCUT2D eigenvalue weighted by Gasteiger charge is 2.28. The van der Waals surface area contributed by atoms with Crippen LogP contribution in [0.2, 0.25) is 0 Å². The SMILES string of the molecule is O=C(O)CCC/C=C\CN1C(=O)CC[C@@H]1/C=C/[C@@H](O)Cc1ccc(F)c(F)c1. The number of allylic oxidation sites excluding steroid dienone is 1. The fourth-order valence-electron chi connectivity index (χ4n) is 3.10. The Morgan fingerprint density at radius 1 is 1.29 bits per heavy atom. The van der Waals surface area contributed by atoms with Gasteiger partial charge in [0, 0.05) is 25.8 Å². The molecule has 2 atom stereocenters. The number of nitrogens with zero attached hydrogens (tertiary/aromatic N) is 1. The first-order valence-electron chi connectivity index (χ1n) is 9.33. The van der Waals surface area contributed by atoms with Crippen molar-refractivity contribution in [1.29, 1.82) is 0 Å². The lowest BCUT2D eigenvalue weighted by Gasteiger charge is -2.21. The minimum atomic E-state index is -0.948. The molecule has 1 heterocycles. The number of unbranched alkanes of at least 4 members (excludes halogenated alkanes) is 1. The van der Waals surface area contributed by atoms with Gasteiger partial charge < -0.3 is 15.1 Å². The molecule has 28 heavy (non-hydrogen) atoms. The highest BCUT2D eigenvalue weighted by Crippen LogP contribution is 2.20. The second-order valence-electron chi connectivity index (χ2n) is 6.81. The van der Waals surface area contributed by atoms with Crippen LogP contribution >= 0.6 is 0 Å². The van der Waals surface area contributed by atoms with Crippen LogP contribution in [0, 0.1) is 11.6 Å². The molecule has 0 saturated carbocycles. The number of aliphatic hydroxyl groups excluding tert-OH is 1. The Morgan fingerprint density at radius 2 is 2.07 bits per heavy atom. The van der Waals surface area contributed by atoms with E-state index < -0.39 is 23.7 Å².